The molecule has 3 nitrogen and oxygen atoms in total. The molecule has 0 spiro atoms. The fourth-order valence-corrected chi connectivity index (χ4v) is 1.84. The summed E-state index contributed by atoms with van der Waals surface area (Å²) in [6.07, 6.45) is 0. The molecule has 0 aliphatic heterocycles. The topological polar surface area (TPSA) is 35.5 Å². The van der Waals surface area contributed by atoms with Gasteiger partial charge in [-0.15, -0.1) is 0 Å². The summed E-state index contributed by atoms with van der Waals surface area (Å²) in [5.41, 5.74) is 1.96. The van der Waals surface area contributed by atoms with Gasteiger partial charge >= 0.3 is 5.97 Å². The highest BCUT2D eigenvalue weighted by molar-refractivity contribution is 9.09. The van der Waals surface area contributed by atoms with Crippen LogP contribution in [-0.4, -0.2) is 17.9 Å². The molecule has 0 aromatic heterocycles. The summed E-state index contributed by atoms with van der Waals surface area (Å²) < 4.78 is 10.9. The third kappa shape index (κ3) is 4.02. The second kappa shape index (κ2) is 6.78. The summed E-state index contributed by atoms with van der Waals surface area (Å²) in [6.45, 7) is 8.10. The molecule has 0 fully saturated rings. The predicted molar refractivity (Wildman–Crippen MR) is 75.9 cm³/mol. The van der Waals surface area contributed by atoms with Gasteiger partial charge in [-0.25, -0.2) is 0 Å². The molecule has 1 rings (SSSR count). The van der Waals surface area contributed by atoms with Crippen molar-refractivity contribution in [1.29, 1.82) is 0 Å². The second-order valence-corrected chi connectivity index (χ2v) is 5.23. The molecule has 4 heteroatoms. The molecule has 0 unspecified atom stereocenters. The highest BCUT2D eigenvalue weighted by atomic mass is 79.9. The van der Waals surface area contributed by atoms with Crippen LogP contribution in [0.4, 0.5) is 0 Å². The van der Waals surface area contributed by atoms with Gasteiger partial charge in [0.05, 0.1) is 6.61 Å². The lowest BCUT2D eigenvalue weighted by Gasteiger charge is -2.16. The predicted octanol–water partition coefficient (Wildman–Crippen LogP) is 3.82. The summed E-state index contributed by atoms with van der Waals surface area (Å²) >= 11 is 3.33. The first-order valence-electron chi connectivity index (χ1n) is 5.97. The van der Waals surface area contributed by atoms with Crippen LogP contribution in [0.5, 0.6) is 11.5 Å². The van der Waals surface area contributed by atoms with Crippen molar-refractivity contribution < 1.29 is 14.3 Å². The Morgan fingerprint density at radius 2 is 2.00 bits per heavy atom. The van der Waals surface area contributed by atoms with Crippen molar-refractivity contribution in [3.63, 3.8) is 0 Å². The second-order valence-electron chi connectivity index (χ2n) is 4.44. The van der Waals surface area contributed by atoms with Gasteiger partial charge in [-0.1, -0.05) is 29.8 Å². The fourth-order valence-electron chi connectivity index (χ4n) is 1.68. The maximum absolute atomic E-state index is 11.1. The smallest absolute Gasteiger partial charge is 0.308 e. The number of hydrogen-bond donors (Lipinski definition) is 0. The van der Waals surface area contributed by atoms with Gasteiger partial charge in [-0.2, -0.15) is 0 Å². The van der Waals surface area contributed by atoms with E-state index in [-0.39, 0.29) is 11.9 Å². The van der Waals surface area contributed by atoms with Crippen molar-refractivity contribution in [1.82, 2.24) is 0 Å². The third-order valence-corrected chi connectivity index (χ3v) is 2.84. The molecule has 1 aromatic carbocycles. The number of ether oxygens (including phenoxy) is 2. The van der Waals surface area contributed by atoms with Crippen molar-refractivity contribution in [2.75, 3.05) is 11.9 Å². The lowest BCUT2D eigenvalue weighted by atomic mass is 10.00. The Balaban J connectivity index is 3.12. The highest BCUT2D eigenvalue weighted by Crippen LogP contribution is 2.33. The van der Waals surface area contributed by atoms with Gasteiger partial charge in [0.1, 0.15) is 11.5 Å². The van der Waals surface area contributed by atoms with E-state index in [4.69, 9.17) is 9.47 Å². The first kappa shape index (κ1) is 15.0. The Kier molecular flexibility index (Phi) is 5.66. The number of aryl methyl sites for hydroxylation is 1. The van der Waals surface area contributed by atoms with E-state index in [0.717, 1.165) is 22.2 Å². The van der Waals surface area contributed by atoms with Gasteiger partial charge in [0, 0.05) is 17.8 Å². The standard InChI is InChI=1S/C14H19BrO3/c1-9(2)12-8-13(17-6-5-15)10(3)7-14(12)18-11(4)16/h7-9H,5-6H2,1-4H3. The van der Waals surface area contributed by atoms with Crippen molar-refractivity contribution >= 4 is 21.9 Å². The lowest BCUT2D eigenvalue weighted by molar-refractivity contribution is -0.131. The van der Waals surface area contributed by atoms with Crippen LogP contribution in [0.2, 0.25) is 0 Å². The van der Waals surface area contributed by atoms with E-state index in [0.29, 0.717) is 12.4 Å². The number of hydrogen-bond acceptors (Lipinski definition) is 3. The SMILES string of the molecule is CC(=O)Oc1cc(C)c(OCCBr)cc1C(C)C. The summed E-state index contributed by atoms with van der Waals surface area (Å²) in [5.74, 6) is 1.44. The van der Waals surface area contributed by atoms with Gasteiger partial charge in [-0.3, -0.25) is 4.79 Å². The van der Waals surface area contributed by atoms with E-state index >= 15 is 0 Å². The first-order valence-corrected chi connectivity index (χ1v) is 7.09. The van der Waals surface area contributed by atoms with Crippen molar-refractivity contribution in [2.24, 2.45) is 0 Å². The van der Waals surface area contributed by atoms with Crippen LogP contribution in [0.25, 0.3) is 0 Å². The molecule has 0 saturated heterocycles. The molecular weight excluding hydrogens is 296 g/mol. The van der Waals surface area contributed by atoms with E-state index in [1.54, 1.807) is 0 Å². The average molecular weight is 315 g/mol. The van der Waals surface area contributed by atoms with Crippen molar-refractivity contribution in [2.45, 2.75) is 33.6 Å². The number of carbonyl (C=O) groups excluding carboxylic acids is 1. The van der Waals surface area contributed by atoms with Crippen molar-refractivity contribution in [3.8, 4) is 11.5 Å². The van der Waals surface area contributed by atoms with Crippen LogP contribution in [-0.2, 0) is 4.79 Å². The van der Waals surface area contributed by atoms with Crippen LogP contribution in [0.15, 0.2) is 12.1 Å². The minimum absolute atomic E-state index is 0.270. The van der Waals surface area contributed by atoms with E-state index in [2.05, 4.69) is 29.8 Å². The maximum atomic E-state index is 11.1. The number of alkyl halides is 1. The zero-order chi connectivity index (χ0) is 13.7. The van der Waals surface area contributed by atoms with Gasteiger partial charge in [-0.05, 0) is 30.5 Å². The summed E-state index contributed by atoms with van der Waals surface area (Å²) in [7, 11) is 0. The van der Waals surface area contributed by atoms with Crippen LogP contribution in [0.1, 0.15) is 37.8 Å². The zero-order valence-electron chi connectivity index (χ0n) is 11.2. The summed E-state index contributed by atoms with van der Waals surface area (Å²) in [5, 5.41) is 0.787. The molecule has 0 aliphatic rings. The molecular formula is C14H19BrO3. The quantitative estimate of drug-likeness (QED) is 0.471. The largest absolute Gasteiger partial charge is 0.492 e. The molecule has 0 bridgehead atoms. The molecule has 100 valence electrons. The highest BCUT2D eigenvalue weighted by Gasteiger charge is 2.14. The van der Waals surface area contributed by atoms with E-state index in [9.17, 15) is 4.79 Å². The maximum Gasteiger partial charge on any atom is 0.308 e. The number of halogens is 1. The number of benzene rings is 1. The van der Waals surface area contributed by atoms with Gasteiger partial charge in [0.15, 0.2) is 0 Å². The summed E-state index contributed by atoms with van der Waals surface area (Å²) in [6, 6.07) is 3.82. The Morgan fingerprint density at radius 1 is 1.33 bits per heavy atom. The lowest BCUT2D eigenvalue weighted by Crippen LogP contribution is -2.07. The van der Waals surface area contributed by atoms with Crippen LogP contribution < -0.4 is 9.47 Å². The van der Waals surface area contributed by atoms with Crippen LogP contribution >= 0.6 is 15.9 Å². The van der Waals surface area contributed by atoms with Gasteiger partial charge in [0.2, 0.25) is 0 Å². The molecule has 0 atom stereocenters. The van der Waals surface area contributed by atoms with Crippen LogP contribution in [0.3, 0.4) is 0 Å². The van der Waals surface area contributed by atoms with E-state index < -0.39 is 0 Å². The Bertz CT molecular complexity index is 427. The Hall–Kier alpha value is -1.03. The molecule has 18 heavy (non-hydrogen) atoms. The molecule has 0 N–H and O–H groups in total. The van der Waals surface area contributed by atoms with E-state index in [1.807, 2.05) is 19.1 Å². The Morgan fingerprint density at radius 3 is 2.50 bits per heavy atom. The minimum Gasteiger partial charge on any atom is -0.492 e. The first-order chi connectivity index (χ1) is 8.45. The molecule has 0 radical (unpaired) electrons. The zero-order valence-corrected chi connectivity index (χ0v) is 12.8. The van der Waals surface area contributed by atoms with Crippen molar-refractivity contribution in [3.05, 3.63) is 23.3 Å². The fraction of sp³-hybridized carbons (Fsp3) is 0.500. The molecule has 0 aliphatic carbocycles. The Labute approximate surface area is 117 Å². The van der Waals surface area contributed by atoms with Crippen LogP contribution in [0, 0.1) is 6.92 Å². The van der Waals surface area contributed by atoms with Gasteiger partial charge < -0.3 is 9.47 Å². The van der Waals surface area contributed by atoms with E-state index in [1.165, 1.54) is 6.92 Å². The average Bonchev–Trinajstić information content (AvgIpc) is 2.26. The molecule has 0 heterocycles. The number of rotatable bonds is 5. The number of carbonyl (C=O) groups is 1. The molecule has 0 saturated carbocycles. The molecule has 1 aromatic rings. The minimum atomic E-state index is -0.301. The number of esters is 1. The normalized spacial score (nSPS) is 10.6. The summed E-state index contributed by atoms with van der Waals surface area (Å²) in [4.78, 5) is 11.1. The molecule has 0 amide bonds. The third-order valence-electron chi connectivity index (χ3n) is 2.52. The monoisotopic (exact) mass is 314 g/mol. The van der Waals surface area contributed by atoms with Gasteiger partial charge in [0.25, 0.3) is 0 Å².